The molecule has 1 aromatic carbocycles. The predicted molar refractivity (Wildman–Crippen MR) is 83.3 cm³/mol. The molecule has 1 aliphatic heterocycles. The van der Waals surface area contributed by atoms with E-state index >= 15 is 0 Å². The lowest BCUT2D eigenvalue weighted by atomic mass is 9.99. The number of aryl methyl sites for hydroxylation is 1. The fraction of sp³-hybridized carbons (Fsp3) is 0.471. The van der Waals surface area contributed by atoms with Gasteiger partial charge in [0.25, 0.3) is 0 Å². The number of H-pyrrole nitrogens is 1. The van der Waals surface area contributed by atoms with E-state index in [4.69, 9.17) is 4.74 Å². The van der Waals surface area contributed by atoms with Gasteiger partial charge < -0.3 is 4.74 Å². The number of likely N-dealkylation sites (tertiary alicyclic amines) is 1. The molecule has 3 rings (SSSR count). The summed E-state index contributed by atoms with van der Waals surface area (Å²) in [5, 5.41) is 7.06. The van der Waals surface area contributed by atoms with E-state index in [0.717, 1.165) is 25.4 Å². The van der Waals surface area contributed by atoms with Crippen LogP contribution < -0.4 is 4.74 Å². The lowest BCUT2D eigenvalue weighted by molar-refractivity contribution is 0.124. The van der Waals surface area contributed by atoms with Crippen LogP contribution in [-0.4, -0.2) is 34.8 Å². The van der Waals surface area contributed by atoms with Gasteiger partial charge in [0.2, 0.25) is 0 Å². The monoisotopic (exact) mass is 285 g/mol. The largest absolute Gasteiger partial charge is 0.493 e. The first kappa shape index (κ1) is 14.1. The quantitative estimate of drug-likeness (QED) is 0.918. The SMILES string of the molecule is Cc1ccccc1OC[C@H]1CCCN(Cc2ccn[nH]2)C1. The van der Waals surface area contributed by atoms with Gasteiger partial charge in [-0.1, -0.05) is 18.2 Å². The van der Waals surface area contributed by atoms with Crippen molar-refractivity contribution in [3.63, 3.8) is 0 Å². The van der Waals surface area contributed by atoms with Crippen LogP contribution in [0.3, 0.4) is 0 Å². The van der Waals surface area contributed by atoms with Crippen molar-refractivity contribution in [3.05, 3.63) is 47.8 Å². The number of piperidine rings is 1. The van der Waals surface area contributed by atoms with E-state index < -0.39 is 0 Å². The number of hydrogen-bond donors (Lipinski definition) is 1. The van der Waals surface area contributed by atoms with Crippen LogP contribution in [0.15, 0.2) is 36.5 Å². The van der Waals surface area contributed by atoms with Crippen LogP contribution in [0.5, 0.6) is 5.75 Å². The molecule has 4 nitrogen and oxygen atoms in total. The maximum Gasteiger partial charge on any atom is 0.122 e. The van der Waals surface area contributed by atoms with Crippen molar-refractivity contribution in [2.24, 2.45) is 5.92 Å². The molecule has 0 saturated carbocycles. The highest BCUT2D eigenvalue weighted by Gasteiger charge is 2.21. The van der Waals surface area contributed by atoms with Crippen LogP contribution in [0, 0.1) is 12.8 Å². The van der Waals surface area contributed by atoms with Crippen LogP contribution in [0.25, 0.3) is 0 Å². The summed E-state index contributed by atoms with van der Waals surface area (Å²) in [7, 11) is 0. The molecule has 1 N–H and O–H groups in total. The topological polar surface area (TPSA) is 41.1 Å². The van der Waals surface area contributed by atoms with Gasteiger partial charge in [-0.25, -0.2) is 0 Å². The van der Waals surface area contributed by atoms with Crippen molar-refractivity contribution in [2.75, 3.05) is 19.7 Å². The van der Waals surface area contributed by atoms with Crippen LogP contribution in [-0.2, 0) is 6.54 Å². The van der Waals surface area contributed by atoms with E-state index in [1.54, 1.807) is 0 Å². The number of para-hydroxylation sites is 1. The summed E-state index contributed by atoms with van der Waals surface area (Å²) >= 11 is 0. The Hall–Kier alpha value is -1.81. The minimum Gasteiger partial charge on any atom is -0.493 e. The molecule has 2 heterocycles. The highest BCUT2D eigenvalue weighted by molar-refractivity contribution is 5.31. The molecule has 0 radical (unpaired) electrons. The first-order valence-electron chi connectivity index (χ1n) is 7.70. The summed E-state index contributed by atoms with van der Waals surface area (Å²) in [5.74, 6) is 1.63. The Morgan fingerprint density at radius 3 is 3.05 bits per heavy atom. The normalized spacial score (nSPS) is 19.6. The average Bonchev–Trinajstić information content (AvgIpc) is 3.00. The summed E-state index contributed by atoms with van der Waals surface area (Å²) in [4.78, 5) is 2.49. The molecule has 1 aliphatic rings. The van der Waals surface area contributed by atoms with E-state index in [1.807, 2.05) is 18.3 Å². The van der Waals surface area contributed by atoms with Gasteiger partial charge in [0.1, 0.15) is 5.75 Å². The molecule has 0 unspecified atom stereocenters. The van der Waals surface area contributed by atoms with E-state index in [1.165, 1.54) is 30.6 Å². The second kappa shape index (κ2) is 6.76. The Labute approximate surface area is 126 Å². The van der Waals surface area contributed by atoms with Gasteiger partial charge in [0.05, 0.1) is 6.61 Å². The second-order valence-corrected chi connectivity index (χ2v) is 5.90. The van der Waals surface area contributed by atoms with Gasteiger partial charge in [-0.2, -0.15) is 5.10 Å². The van der Waals surface area contributed by atoms with Crippen molar-refractivity contribution in [1.29, 1.82) is 0 Å². The van der Waals surface area contributed by atoms with Crippen LogP contribution in [0.2, 0.25) is 0 Å². The van der Waals surface area contributed by atoms with Gasteiger partial charge in [-0.05, 0) is 44.0 Å². The minimum atomic E-state index is 0.612. The summed E-state index contributed by atoms with van der Waals surface area (Å²) in [6, 6.07) is 10.3. The number of rotatable bonds is 5. The summed E-state index contributed by atoms with van der Waals surface area (Å²) in [5.41, 5.74) is 2.40. The van der Waals surface area contributed by atoms with Crippen molar-refractivity contribution in [1.82, 2.24) is 15.1 Å². The molecule has 1 atom stereocenters. The van der Waals surface area contributed by atoms with E-state index in [9.17, 15) is 0 Å². The van der Waals surface area contributed by atoms with E-state index in [-0.39, 0.29) is 0 Å². The smallest absolute Gasteiger partial charge is 0.122 e. The molecule has 4 heteroatoms. The number of nitrogens with zero attached hydrogens (tertiary/aromatic N) is 2. The molecule has 1 fully saturated rings. The third-order valence-electron chi connectivity index (χ3n) is 4.12. The third kappa shape index (κ3) is 3.85. The van der Waals surface area contributed by atoms with Crippen molar-refractivity contribution >= 4 is 0 Å². The molecular weight excluding hydrogens is 262 g/mol. The number of nitrogens with one attached hydrogen (secondary N) is 1. The van der Waals surface area contributed by atoms with E-state index in [2.05, 4.69) is 40.2 Å². The summed E-state index contributed by atoms with van der Waals surface area (Å²) in [6.07, 6.45) is 4.32. The van der Waals surface area contributed by atoms with Gasteiger partial charge in [-0.15, -0.1) is 0 Å². The highest BCUT2D eigenvalue weighted by atomic mass is 16.5. The third-order valence-corrected chi connectivity index (χ3v) is 4.12. The molecule has 1 aromatic heterocycles. The predicted octanol–water partition coefficient (Wildman–Crippen LogP) is 3.01. The molecule has 112 valence electrons. The Kier molecular flexibility index (Phi) is 4.55. The molecule has 1 saturated heterocycles. The Bertz CT molecular complexity index is 553. The van der Waals surface area contributed by atoms with Crippen molar-refractivity contribution in [3.8, 4) is 5.75 Å². The molecule has 0 spiro atoms. The zero-order valence-corrected chi connectivity index (χ0v) is 12.6. The molecular formula is C17H23N3O. The van der Waals surface area contributed by atoms with Crippen LogP contribution >= 0.6 is 0 Å². The van der Waals surface area contributed by atoms with Crippen LogP contribution in [0.1, 0.15) is 24.1 Å². The van der Waals surface area contributed by atoms with Crippen LogP contribution in [0.4, 0.5) is 0 Å². The standard InChI is InChI=1S/C17H23N3O/c1-14-5-2-3-7-17(14)21-13-15-6-4-10-20(11-15)12-16-8-9-18-19-16/h2-3,5,7-9,15H,4,6,10-13H2,1H3,(H,18,19)/t15-/m0/s1. The number of ether oxygens (including phenoxy) is 1. The summed E-state index contributed by atoms with van der Waals surface area (Å²) < 4.78 is 6.01. The molecule has 0 bridgehead atoms. The lowest BCUT2D eigenvalue weighted by Gasteiger charge is -2.32. The van der Waals surface area contributed by atoms with Gasteiger partial charge in [0, 0.05) is 30.9 Å². The lowest BCUT2D eigenvalue weighted by Crippen LogP contribution is -2.37. The number of aromatic nitrogens is 2. The average molecular weight is 285 g/mol. The first-order chi connectivity index (χ1) is 10.3. The Balaban J connectivity index is 1.51. The maximum atomic E-state index is 6.01. The maximum absolute atomic E-state index is 6.01. The fourth-order valence-electron chi connectivity index (χ4n) is 2.97. The second-order valence-electron chi connectivity index (χ2n) is 5.90. The minimum absolute atomic E-state index is 0.612. The molecule has 0 amide bonds. The van der Waals surface area contributed by atoms with Crippen molar-refractivity contribution < 1.29 is 4.74 Å². The first-order valence-corrected chi connectivity index (χ1v) is 7.70. The Morgan fingerprint density at radius 2 is 2.24 bits per heavy atom. The van der Waals surface area contributed by atoms with Gasteiger partial charge in [0.15, 0.2) is 0 Å². The number of aromatic amines is 1. The van der Waals surface area contributed by atoms with Gasteiger partial charge in [-0.3, -0.25) is 10.00 Å². The van der Waals surface area contributed by atoms with Gasteiger partial charge >= 0.3 is 0 Å². The zero-order valence-electron chi connectivity index (χ0n) is 12.6. The highest BCUT2D eigenvalue weighted by Crippen LogP contribution is 2.21. The van der Waals surface area contributed by atoms with E-state index in [0.29, 0.717) is 5.92 Å². The molecule has 21 heavy (non-hydrogen) atoms. The fourth-order valence-corrected chi connectivity index (χ4v) is 2.97. The zero-order chi connectivity index (χ0) is 14.5. The molecule has 2 aromatic rings. The van der Waals surface area contributed by atoms with Crippen molar-refractivity contribution in [2.45, 2.75) is 26.3 Å². The Morgan fingerprint density at radius 1 is 1.33 bits per heavy atom. The summed E-state index contributed by atoms with van der Waals surface area (Å²) in [6.45, 7) is 6.14. The number of hydrogen-bond acceptors (Lipinski definition) is 3. The number of benzene rings is 1. The molecule has 0 aliphatic carbocycles.